The zero-order valence-corrected chi connectivity index (χ0v) is 8.39. The van der Waals surface area contributed by atoms with Gasteiger partial charge in [-0.25, -0.2) is 0 Å². The molecular formula is C8H11NO3Si. The lowest BCUT2D eigenvalue weighted by molar-refractivity contribution is -0.132. The minimum absolute atomic E-state index is 0.191. The van der Waals surface area contributed by atoms with E-state index in [0.29, 0.717) is 6.61 Å². The second-order valence-corrected chi connectivity index (χ2v) is 5.54. The van der Waals surface area contributed by atoms with Crippen LogP contribution in [-0.4, -0.2) is 32.2 Å². The smallest absolute Gasteiger partial charge is 0.294 e. The van der Waals surface area contributed by atoms with Crippen LogP contribution >= 0.6 is 0 Å². The molecule has 2 aliphatic rings. The molecule has 13 heavy (non-hydrogen) atoms. The highest BCUT2D eigenvalue weighted by atomic mass is 28.3. The summed E-state index contributed by atoms with van der Waals surface area (Å²) < 4.78 is 6.82. The fraction of sp³-hybridized carbons (Fsp3) is 0.500. The Hall–Kier alpha value is -0.943. The molecule has 4 nitrogen and oxygen atoms in total. The predicted molar refractivity (Wildman–Crippen MR) is 48.1 cm³/mol. The van der Waals surface area contributed by atoms with Crippen molar-refractivity contribution in [3.63, 3.8) is 0 Å². The van der Waals surface area contributed by atoms with Crippen molar-refractivity contribution in [2.45, 2.75) is 18.9 Å². The van der Waals surface area contributed by atoms with E-state index in [9.17, 15) is 9.59 Å². The Kier molecular flexibility index (Phi) is 2.28. The standard InChI is InChI=1S/C8H11NO3Si/c10-7-3-4-8(11)9(7)13-6-2-1-5-12-13/h3-4,13H,1-2,5-6H2. The summed E-state index contributed by atoms with van der Waals surface area (Å²) in [6.45, 7) is 0.702. The number of imide groups is 1. The fourth-order valence-electron chi connectivity index (χ4n) is 1.62. The molecule has 2 amide bonds. The van der Waals surface area contributed by atoms with Crippen LogP contribution in [0.25, 0.3) is 0 Å². The molecule has 0 aromatic carbocycles. The van der Waals surface area contributed by atoms with Gasteiger partial charge < -0.3 is 4.43 Å². The Bertz CT molecular complexity index is 253. The van der Waals surface area contributed by atoms with E-state index in [2.05, 4.69) is 0 Å². The van der Waals surface area contributed by atoms with Gasteiger partial charge >= 0.3 is 0 Å². The summed E-state index contributed by atoms with van der Waals surface area (Å²) in [4.78, 5) is 22.5. The molecule has 0 radical (unpaired) electrons. The second-order valence-electron chi connectivity index (χ2n) is 3.20. The van der Waals surface area contributed by atoms with E-state index < -0.39 is 9.20 Å². The second kappa shape index (κ2) is 3.43. The Balaban J connectivity index is 2.07. The van der Waals surface area contributed by atoms with Gasteiger partial charge in [-0.15, -0.1) is 0 Å². The van der Waals surface area contributed by atoms with Gasteiger partial charge in [-0.2, -0.15) is 0 Å². The summed E-state index contributed by atoms with van der Waals surface area (Å²) in [6.07, 6.45) is 4.78. The molecule has 0 aromatic rings. The molecule has 0 N–H and O–H groups in total. The summed E-state index contributed by atoms with van der Waals surface area (Å²) in [7, 11) is -1.72. The third-order valence-corrected chi connectivity index (χ3v) is 4.89. The number of nitrogens with zero attached hydrogens (tertiary/aromatic N) is 1. The van der Waals surface area contributed by atoms with E-state index in [1.807, 2.05) is 0 Å². The molecule has 70 valence electrons. The Morgan fingerprint density at radius 1 is 1.23 bits per heavy atom. The minimum atomic E-state index is -1.72. The van der Waals surface area contributed by atoms with Gasteiger partial charge in [0.25, 0.3) is 9.20 Å². The predicted octanol–water partition coefficient (Wildman–Crippen LogP) is -0.0577. The van der Waals surface area contributed by atoms with Crippen LogP contribution in [-0.2, 0) is 14.0 Å². The van der Waals surface area contributed by atoms with Crippen LogP contribution in [0.15, 0.2) is 12.2 Å². The Labute approximate surface area is 78.0 Å². The van der Waals surface area contributed by atoms with Crippen molar-refractivity contribution in [1.29, 1.82) is 0 Å². The van der Waals surface area contributed by atoms with E-state index in [4.69, 9.17) is 4.43 Å². The van der Waals surface area contributed by atoms with Crippen molar-refractivity contribution in [2.75, 3.05) is 6.61 Å². The maximum Gasteiger partial charge on any atom is 0.294 e. The summed E-state index contributed by atoms with van der Waals surface area (Å²) in [6, 6.07) is 0.902. The van der Waals surface area contributed by atoms with E-state index in [1.54, 1.807) is 0 Å². The monoisotopic (exact) mass is 197 g/mol. The maximum absolute atomic E-state index is 11.3. The first-order chi connectivity index (χ1) is 6.29. The summed E-state index contributed by atoms with van der Waals surface area (Å²) >= 11 is 0. The number of amides is 2. The van der Waals surface area contributed by atoms with Crippen LogP contribution in [0.1, 0.15) is 12.8 Å². The van der Waals surface area contributed by atoms with Crippen molar-refractivity contribution in [3.05, 3.63) is 12.2 Å². The van der Waals surface area contributed by atoms with Crippen molar-refractivity contribution in [1.82, 2.24) is 4.57 Å². The highest BCUT2D eigenvalue weighted by Crippen LogP contribution is 2.17. The zero-order chi connectivity index (χ0) is 9.26. The van der Waals surface area contributed by atoms with Crippen LogP contribution in [0.4, 0.5) is 0 Å². The molecule has 1 fully saturated rings. The van der Waals surface area contributed by atoms with Crippen molar-refractivity contribution < 1.29 is 14.0 Å². The highest BCUT2D eigenvalue weighted by Gasteiger charge is 2.34. The molecule has 0 aromatic heterocycles. The van der Waals surface area contributed by atoms with Gasteiger partial charge in [-0.05, 0) is 18.9 Å². The molecule has 1 unspecified atom stereocenters. The molecule has 0 aliphatic carbocycles. The number of hydrogen-bond donors (Lipinski definition) is 0. The van der Waals surface area contributed by atoms with Gasteiger partial charge in [0.1, 0.15) is 0 Å². The lowest BCUT2D eigenvalue weighted by Crippen LogP contribution is -2.47. The average molecular weight is 197 g/mol. The van der Waals surface area contributed by atoms with E-state index in [1.165, 1.54) is 16.7 Å². The average Bonchev–Trinajstić information content (AvgIpc) is 2.48. The Morgan fingerprint density at radius 2 is 1.92 bits per heavy atom. The molecule has 5 heteroatoms. The SMILES string of the molecule is O=C1C=CC(=O)N1[SiH]1CCCCO1. The van der Waals surface area contributed by atoms with Crippen LogP contribution in [0.5, 0.6) is 0 Å². The van der Waals surface area contributed by atoms with E-state index in [-0.39, 0.29) is 11.8 Å². The normalized spacial score (nSPS) is 28.6. The van der Waals surface area contributed by atoms with E-state index in [0.717, 1.165) is 18.9 Å². The number of hydrogen-bond acceptors (Lipinski definition) is 3. The van der Waals surface area contributed by atoms with Gasteiger partial charge in [-0.3, -0.25) is 14.2 Å². The van der Waals surface area contributed by atoms with Crippen LogP contribution in [0, 0.1) is 0 Å². The third-order valence-electron chi connectivity index (χ3n) is 2.29. The molecule has 2 rings (SSSR count). The van der Waals surface area contributed by atoms with Crippen molar-refractivity contribution >= 4 is 21.0 Å². The fourth-order valence-corrected chi connectivity index (χ4v) is 4.01. The number of rotatable bonds is 1. The number of carbonyl (C=O) groups excluding carboxylic acids is 2. The first kappa shape index (κ1) is 8.65. The van der Waals surface area contributed by atoms with Crippen LogP contribution in [0.2, 0.25) is 6.04 Å². The highest BCUT2D eigenvalue weighted by molar-refractivity contribution is 6.58. The topological polar surface area (TPSA) is 46.6 Å². The molecule has 1 saturated heterocycles. The first-order valence-electron chi connectivity index (χ1n) is 4.46. The molecule has 0 bridgehead atoms. The minimum Gasteiger partial charge on any atom is -0.401 e. The quantitative estimate of drug-likeness (QED) is 0.437. The molecular weight excluding hydrogens is 186 g/mol. The van der Waals surface area contributed by atoms with Gasteiger partial charge in [0, 0.05) is 18.8 Å². The van der Waals surface area contributed by atoms with Crippen LogP contribution in [0.3, 0.4) is 0 Å². The molecule has 1 atom stereocenters. The summed E-state index contributed by atoms with van der Waals surface area (Å²) in [5, 5.41) is 0. The van der Waals surface area contributed by atoms with Crippen molar-refractivity contribution in [3.8, 4) is 0 Å². The lowest BCUT2D eigenvalue weighted by atomic mass is 10.4. The van der Waals surface area contributed by atoms with Crippen molar-refractivity contribution in [2.24, 2.45) is 0 Å². The molecule has 2 aliphatic heterocycles. The Morgan fingerprint density at radius 3 is 2.46 bits per heavy atom. The zero-order valence-electron chi connectivity index (χ0n) is 7.23. The summed E-state index contributed by atoms with van der Waals surface area (Å²) in [5.41, 5.74) is 0. The first-order valence-corrected chi connectivity index (χ1v) is 6.26. The van der Waals surface area contributed by atoms with Gasteiger partial charge in [-0.1, -0.05) is 0 Å². The van der Waals surface area contributed by atoms with Gasteiger partial charge in [0.05, 0.1) is 0 Å². The maximum atomic E-state index is 11.3. The van der Waals surface area contributed by atoms with Crippen LogP contribution < -0.4 is 0 Å². The number of carbonyl (C=O) groups is 2. The molecule has 0 spiro atoms. The largest absolute Gasteiger partial charge is 0.401 e. The molecule has 2 heterocycles. The van der Waals surface area contributed by atoms with Gasteiger partial charge in [0.2, 0.25) is 11.8 Å². The summed E-state index contributed by atoms with van der Waals surface area (Å²) in [5.74, 6) is -0.382. The van der Waals surface area contributed by atoms with Gasteiger partial charge in [0.15, 0.2) is 0 Å². The lowest BCUT2D eigenvalue weighted by Gasteiger charge is -2.27. The van der Waals surface area contributed by atoms with E-state index >= 15 is 0 Å². The molecule has 0 saturated carbocycles. The third kappa shape index (κ3) is 1.57.